The smallest absolute Gasteiger partial charge is 0.248 e. The highest BCUT2D eigenvalue weighted by Gasteiger charge is 2.26. The molecule has 1 amide bonds. The lowest BCUT2D eigenvalue weighted by Gasteiger charge is -2.23. The zero-order valence-electron chi connectivity index (χ0n) is 15.0. The van der Waals surface area contributed by atoms with Gasteiger partial charge in [-0.2, -0.15) is 0 Å². The fourth-order valence-electron chi connectivity index (χ4n) is 3.04. The molecule has 0 saturated carbocycles. The van der Waals surface area contributed by atoms with Crippen molar-refractivity contribution in [2.45, 2.75) is 13.3 Å². The number of halogens is 2. The predicted octanol–water partition coefficient (Wildman–Crippen LogP) is 3.82. The summed E-state index contributed by atoms with van der Waals surface area (Å²) in [5, 5.41) is 0.474. The normalized spacial score (nSPS) is 15.1. The van der Waals surface area contributed by atoms with Crippen LogP contribution < -0.4 is 4.90 Å². The van der Waals surface area contributed by atoms with E-state index in [1.54, 1.807) is 41.3 Å². The van der Waals surface area contributed by atoms with Crippen LogP contribution >= 0.6 is 11.6 Å². The van der Waals surface area contributed by atoms with Crippen molar-refractivity contribution < 1.29 is 13.4 Å². The van der Waals surface area contributed by atoms with Gasteiger partial charge in [-0.25, -0.2) is 4.39 Å². The molecule has 0 spiro atoms. The molecule has 0 aromatic heterocycles. The van der Waals surface area contributed by atoms with Gasteiger partial charge in [0.05, 0.1) is 11.4 Å². The topological polar surface area (TPSA) is 49.7 Å². The quantitative estimate of drug-likeness (QED) is 0.732. The summed E-state index contributed by atoms with van der Waals surface area (Å²) in [7, 11) is -0.989. The number of aliphatic imine (C=N–C) groups is 1. The zero-order chi connectivity index (χ0) is 19.4. The maximum absolute atomic E-state index is 14.4. The number of nitrogens with zero attached hydrogens (tertiary/aromatic N) is 2. The monoisotopic (exact) mass is 406 g/mol. The van der Waals surface area contributed by atoms with Crippen LogP contribution in [0, 0.1) is 5.82 Å². The van der Waals surface area contributed by atoms with Gasteiger partial charge < -0.3 is 4.90 Å². The van der Waals surface area contributed by atoms with Gasteiger partial charge in [-0.05, 0) is 36.8 Å². The molecule has 2 aromatic carbocycles. The van der Waals surface area contributed by atoms with Crippen molar-refractivity contribution in [2.75, 3.05) is 29.5 Å². The van der Waals surface area contributed by atoms with Crippen LogP contribution in [0.1, 0.15) is 24.5 Å². The van der Waals surface area contributed by atoms with Gasteiger partial charge in [-0.15, -0.1) is 0 Å². The third-order valence-corrected chi connectivity index (χ3v) is 6.02. The number of rotatable bonds is 6. The van der Waals surface area contributed by atoms with E-state index in [4.69, 9.17) is 11.6 Å². The SMILES string of the molecule is CCCS(=O)CCN1C(=O)CN=C(c2ccccc2F)c2cc(Cl)ccc21. The molecule has 2 aromatic rings. The molecule has 142 valence electrons. The largest absolute Gasteiger partial charge is 0.309 e. The summed E-state index contributed by atoms with van der Waals surface area (Å²) < 4.78 is 26.4. The highest BCUT2D eigenvalue weighted by Crippen LogP contribution is 2.30. The van der Waals surface area contributed by atoms with Crippen LogP contribution in [-0.2, 0) is 15.6 Å². The van der Waals surface area contributed by atoms with Gasteiger partial charge in [0, 0.05) is 45.0 Å². The summed E-state index contributed by atoms with van der Waals surface area (Å²) in [5.41, 5.74) is 1.93. The number of fused-ring (bicyclic) bond motifs is 1. The van der Waals surface area contributed by atoms with Crippen molar-refractivity contribution >= 4 is 39.7 Å². The Kier molecular flexibility index (Phi) is 6.39. The molecule has 27 heavy (non-hydrogen) atoms. The predicted molar refractivity (Wildman–Crippen MR) is 109 cm³/mol. The van der Waals surface area contributed by atoms with E-state index >= 15 is 0 Å². The van der Waals surface area contributed by atoms with Crippen molar-refractivity contribution in [1.29, 1.82) is 0 Å². The summed E-state index contributed by atoms with van der Waals surface area (Å²) in [6.45, 7) is 2.19. The van der Waals surface area contributed by atoms with Gasteiger partial charge in [-0.3, -0.25) is 14.0 Å². The van der Waals surface area contributed by atoms with Crippen LogP contribution in [0.4, 0.5) is 10.1 Å². The maximum atomic E-state index is 14.4. The summed E-state index contributed by atoms with van der Waals surface area (Å²) in [6.07, 6.45) is 0.827. The zero-order valence-corrected chi connectivity index (χ0v) is 16.5. The van der Waals surface area contributed by atoms with Crippen molar-refractivity contribution in [1.82, 2.24) is 0 Å². The molecule has 1 aliphatic heterocycles. The Hall–Kier alpha value is -2.05. The van der Waals surface area contributed by atoms with Gasteiger partial charge in [0.2, 0.25) is 5.91 Å². The summed E-state index contributed by atoms with van der Waals surface area (Å²) in [4.78, 5) is 18.6. The molecule has 1 heterocycles. The second-order valence-electron chi connectivity index (χ2n) is 6.20. The van der Waals surface area contributed by atoms with E-state index in [0.29, 0.717) is 45.6 Å². The van der Waals surface area contributed by atoms with Crippen LogP contribution in [-0.4, -0.2) is 40.4 Å². The molecule has 0 saturated heterocycles. The number of benzene rings is 2. The molecule has 0 N–H and O–H groups in total. The minimum Gasteiger partial charge on any atom is -0.309 e. The molecular weight excluding hydrogens is 387 g/mol. The number of amides is 1. The van der Waals surface area contributed by atoms with Crippen molar-refractivity contribution in [2.24, 2.45) is 4.99 Å². The average Bonchev–Trinajstić information content (AvgIpc) is 2.77. The van der Waals surface area contributed by atoms with Gasteiger partial charge in [-0.1, -0.05) is 30.7 Å². The lowest BCUT2D eigenvalue weighted by molar-refractivity contribution is -0.117. The Morgan fingerprint density at radius 3 is 2.70 bits per heavy atom. The lowest BCUT2D eigenvalue weighted by atomic mass is 9.99. The van der Waals surface area contributed by atoms with E-state index in [1.807, 2.05) is 6.92 Å². The fourth-order valence-corrected chi connectivity index (χ4v) is 4.25. The molecule has 0 bridgehead atoms. The second-order valence-corrected chi connectivity index (χ2v) is 8.33. The molecular formula is C20H20ClFN2O2S. The summed E-state index contributed by atoms with van der Waals surface area (Å²) in [6, 6.07) is 11.4. The van der Waals surface area contributed by atoms with Crippen LogP contribution in [0.25, 0.3) is 0 Å². The second kappa shape index (κ2) is 8.76. The first kappa shape index (κ1) is 19.7. The van der Waals surface area contributed by atoms with E-state index in [2.05, 4.69) is 4.99 Å². The lowest BCUT2D eigenvalue weighted by Crippen LogP contribution is -2.36. The number of carbonyl (C=O) groups is 1. The van der Waals surface area contributed by atoms with E-state index in [1.165, 1.54) is 6.07 Å². The first-order valence-corrected chi connectivity index (χ1v) is 10.6. The molecule has 0 aliphatic carbocycles. The van der Waals surface area contributed by atoms with Gasteiger partial charge >= 0.3 is 0 Å². The Morgan fingerprint density at radius 2 is 1.96 bits per heavy atom. The Balaban J connectivity index is 2.03. The highest BCUT2D eigenvalue weighted by atomic mass is 35.5. The van der Waals surface area contributed by atoms with Crippen molar-refractivity contribution in [3.8, 4) is 0 Å². The first-order chi connectivity index (χ1) is 13.0. The molecule has 0 radical (unpaired) electrons. The third-order valence-electron chi connectivity index (χ3n) is 4.28. The van der Waals surface area contributed by atoms with Crippen molar-refractivity contribution in [3.63, 3.8) is 0 Å². The Morgan fingerprint density at radius 1 is 1.19 bits per heavy atom. The minimum atomic E-state index is -0.989. The molecule has 1 aliphatic rings. The average molecular weight is 407 g/mol. The third kappa shape index (κ3) is 4.45. The van der Waals surface area contributed by atoms with Crippen LogP contribution in [0.5, 0.6) is 0 Å². The number of hydrogen-bond donors (Lipinski definition) is 0. The number of benzodiazepines with no additional fused rings is 1. The molecule has 7 heteroatoms. The number of anilines is 1. The van der Waals surface area contributed by atoms with Gasteiger partial charge in [0.15, 0.2) is 0 Å². The standard InChI is InChI=1S/C20H20ClFN2O2S/c1-2-10-27(26)11-9-24-18-8-7-14(21)12-16(18)20(23-13-19(24)25)15-5-3-4-6-17(15)22/h3-8,12H,2,9-11,13H2,1H3. The maximum Gasteiger partial charge on any atom is 0.248 e. The summed E-state index contributed by atoms with van der Waals surface area (Å²) >= 11 is 6.17. The van der Waals surface area contributed by atoms with E-state index in [-0.39, 0.29) is 12.5 Å². The number of hydrogen-bond acceptors (Lipinski definition) is 3. The molecule has 1 atom stereocenters. The number of carbonyl (C=O) groups excluding carboxylic acids is 1. The molecule has 3 rings (SSSR count). The summed E-state index contributed by atoms with van der Waals surface area (Å²) in [5.74, 6) is 0.369. The molecule has 1 unspecified atom stereocenters. The van der Waals surface area contributed by atoms with Crippen LogP contribution in [0.2, 0.25) is 5.02 Å². The minimum absolute atomic E-state index is 0.101. The van der Waals surface area contributed by atoms with E-state index in [0.717, 1.165) is 6.42 Å². The van der Waals surface area contributed by atoms with Gasteiger partial charge in [0.25, 0.3) is 0 Å². The van der Waals surface area contributed by atoms with Crippen molar-refractivity contribution in [3.05, 3.63) is 64.4 Å². The van der Waals surface area contributed by atoms with E-state index < -0.39 is 16.6 Å². The van der Waals surface area contributed by atoms with Gasteiger partial charge in [0.1, 0.15) is 12.4 Å². The fraction of sp³-hybridized carbons (Fsp3) is 0.300. The Labute approximate surface area is 165 Å². The van der Waals surface area contributed by atoms with E-state index in [9.17, 15) is 13.4 Å². The highest BCUT2D eigenvalue weighted by molar-refractivity contribution is 7.85. The molecule has 0 fully saturated rings. The first-order valence-electron chi connectivity index (χ1n) is 8.76. The Bertz CT molecular complexity index is 917. The van der Waals surface area contributed by atoms with Crippen LogP contribution in [0.3, 0.4) is 0 Å². The van der Waals surface area contributed by atoms with Crippen LogP contribution in [0.15, 0.2) is 47.5 Å². The molecule has 4 nitrogen and oxygen atoms in total.